The Morgan fingerprint density at radius 3 is 2.73 bits per heavy atom. The van der Waals surface area contributed by atoms with Crippen LogP contribution < -0.4 is 5.32 Å². The van der Waals surface area contributed by atoms with E-state index in [2.05, 4.69) is 17.5 Å². The van der Waals surface area contributed by atoms with E-state index in [9.17, 15) is 10.1 Å². The van der Waals surface area contributed by atoms with E-state index < -0.39 is 5.54 Å². The van der Waals surface area contributed by atoms with E-state index in [4.69, 9.17) is 5.26 Å². The first-order valence-electron chi connectivity index (χ1n) is 9.04. The smallest absolute Gasteiger partial charge is 0.245 e. The third-order valence-electron chi connectivity index (χ3n) is 4.98. The van der Waals surface area contributed by atoms with Crippen LogP contribution in [0.4, 0.5) is 0 Å². The molecule has 2 aromatic rings. The number of rotatable bonds is 5. The van der Waals surface area contributed by atoms with E-state index >= 15 is 0 Å². The number of nitrogens with one attached hydrogen (secondary N) is 1. The van der Waals surface area contributed by atoms with Gasteiger partial charge in [-0.25, -0.2) is 0 Å². The Kier molecular flexibility index (Phi) is 5.39. The molecular weight excluding hydrogens is 324 g/mol. The Morgan fingerprint density at radius 1 is 1.23 bits per heavy atom. The van der Waals surface area contributed by atoms with E-state index in [0.717, 1.165) is 48.6 Å². The van der Waals surface area contributed by atoms with Gasteiger partial charge in [-0.05, 0) is 25.0 Å². The van der Waals surface area contributed by atoms with Crippen LogP contribution in [0.15, 0.2) is 36.5 Å². The zero-order chi connectivity index (χ0) is 18.4. The largest absolute Gasteiger partial charge is 0.346 e. The minimum atomic E-state index is -0.722. The number of aryl methyl sites for hydroxylation is 1. The van der Waals surface area contributed by atoms with E-state index in [-0.39, 0.29) is 5.91 Å². The molecule has 0 atom stereocenters. The molecule has 5 heteroatoms. The van der Waals surface area contributed by atoms with Crippen LogP contribution in [0.3, 0.4) is 0 Å². The molecule has 1 aliphatic carbocycles. The van der Waals surface area contributed by atoms with Crippen molar-refractivity contribution >= 4 is 22.9 Å². The Labute approximate surface area is 153 Å². The highest BCUT2D eigenvalue weighted by Crippen LogP contribution is 2.27. The molecule has 1 aromatic heterocycles. The summed E-state index contributed by atoms with van der Waals surface area (Å²) in [5.41, 5.74) is 1.26. The van der Waals surface area contributed by atoms with Gasteiger partial charge in [0.15, 0.2) is 0 Å². The summed E-state index contributed by atoms with van der Waals surface area (Å²) in [4.78, 5) is 12.4. The number of carbonyl (C=O) groups excluding carboxylic acids is 1. The molecule has 1 heterocycles. The highest BCUT2D eigenvalue weighted by atomic mass is 16.1. The summed E-state index contributed by atoms with van der Waals surface area (Å²) in [7, 11) is 0. The number of hydrogen-bond donors (Lipinski definition) is 1. The van der Waals surface area contributed by atoms with Crippen molar-refractivity contribution < 1.29 is 4.79 Å². The third-order valence-corrected chi connectivity index (χ3v) is 4.98. The average Bonchev–Trinajstić information content (AvgIpc) is 3.03. The van der Waals surface area contributed by atoms with E-state index in [0.29, 0.717) is 13.0 Å². The maximum atomic E-state index is 12.4. The van der Waals surface area contributed by atoms with Crippen LogP contribution in [0, 0.1) is 22.7 Å². The third kappa shape index (κ3) is 3.78. The molecule has 132 valence electrons. The van der Waals surface area contributed by atoms with Crippen molar-refractivity contribution in [2.24, 2.45) is 0 Å². The van der Waals surface area contributed by atoms with Gasteiger partial charge in [0.05, 0.1) is 18.6 Å². The molecule has 0 spiro atoms. The molecular formula is C21H22N4O. The summed E-state index contributed by atoms with van der Waals surface area (Å²) in [5.74, 6) is -0.234. The van der Waals surface area contributed by atoms with Crippen molar-refractivity contribution in [1.82, 2.24) is 9.88 Å². The maximum Gasteiger partial charge on any atom is 0.245 e. The van der Waals surface area contributed by atoms with Crippen LogP contribution in [0.2, 0.25) is 0 Å². The number of amides is 1. The Balaban J connectivity index is 1.79. The van der Waals surface area contributed by atoms with Crippen molar-refractivity contribution in [3.8, 4) is 12.1 Å². The van der Waals surface area contributed by atoms with E-state index in [1.165, 1.54) is 6.08 Å². The zero-order valence-corrected chi connectivity index (χ0v) is 14.7. The number of para-hydroxylation sites is 1. The number of nitriles is 2. The predicted molar refractivity (Wildman–Crippen MR) is 101 cm³/mol. The lowest BCUT2D eigenvalue weighted by Crippen LogP contribution is -2.48. The lowest BCUT2D eigenvalue weighted by atomic mass is 9.83. The van der Waals surface area contributed by atoms with Crippen LogP contribution in [0.25, 0.3) is 17.0 Å². The van der Waals surface area contributed by atoms with Gasteiger partial charge in [0, 0.05) is 35.3 Å². The molecule has 0 bridgehead atoms. The first kappa shape index (κ1) is 17.8. The molecule has 1 saturated carbocycles. The van der Waals surface area contributed by atoms with Gasteiger partial charge in [-0.15, -0.1) is 0 Å². The molecule has 26 heavy (non-hydrogen) atoms. The SMILES string of the molecule is N#CCCn1cc(/C=C/C(=O)NC2(C#N)CCCCC2)c2ccccc21. The standard InChI is InChI=1S/C21H22N4O/c22-13-6-14-25-15-17(18-7-2-3-8-19(18)25)9-10-20(26)24-21(16-23)11-4-1-5-12-21/h2-3,7-10,15H,1,4-6,11-12,14H2,(H,24,26)/b10-9+. The summed E-state index contributed by atoms with van der Waals surface area (Å²) in [6.07, 6.45) is 10.2. The summed E-state index contributed by atoms with van der Waals surface area (Å²) in [6, 6.07) is 12.4. The first-order valence-corrected chi connectivity index (χ1v) is 9.04. The molecule has 5 nitrogen and oxygen atoms in total. The number of fused-ring (bicyclic) bond motifs is 1. The predicted octanol–water partition coefficient (Wildman–Crippen LogP) is 3.91. The van der Waals surface area contributed by atoms with Crippen LogP contribution >= 0.6 is 0 Å². The molecule has 0 saturated heterocycles. The highest BCUT2D eigenvalue weighted by Gasteiger charge is 2.32. The fourth-order valence-corrected chi connectivity index (χ4v) is 3.63. The monoisotopic (exact) mass is 346 g/mol. The van der Waals surface area contributed by atoms with Gasteiger partial charge in [-0.2, -0.15) is 10.5 Å². The van der Waals surface area contributed by atoms with Crippen LogP contribution in [0.5, 0.6) is 0 Å². The molecule has 1 amide bonds. The van der Waals surface area contributed by atoms with E-state index in [1.807, 2.05) is 35.0 Å². The van der Waals surface area contributed by atoms with Crippen LogP contribution in [-0.4, -0.2) is 16.0 Å². The van der Waals surface area contributed by atoms with Gasteiger partial charge in [0.25, 0.3) is 0 Å². The van der Waals surface area contributed by atoms with Crippen molar-refractivity contribution in [2.45, 2.75) is 50.6 Å². The minimum absolute atomic E-state index is 0.234. The quantitative estimate of drug-likeness (QED) is 0.833. The second kappa shape index (κ2) is 7.89. The summed E-state index contributed by atoms with van der Waals surface area (Å²) in [6.45, 7) is 0.620. The molecule has 3 rings (SSSR count). The Hall–Kier alpha value is -3.05. The molecule has 1 N–H and O–H groups in total. The van der Waals surface area contributed by atoms with Gasteiger partial charge in [-0.1, -0.05) is 37.5 Å². The second-order valence-corrected chi connectivity index (χ2v) is 6.78. The van der Waals surface area contributed by atoms with Crippen molar-refractivity contribution in [3.05, 3.63) is 42.1 Å². The molecule has 1 fully saturated rings. The van der Waals surface area contributed by atoms with Gasteiger partial charge in [-0.3, -0.25) is 4.79 Å². The van der Waals surface area contributed by atoms with Gasteiger partial charge in [0.2, 0.25) is 5.91 Å². The van der Waals surface area contributed by atoms with Gasteiger partial charge in [0.1, 0.15) is 5.54 Å². The number of nitrogens with zero attached hydrogens (tertiary/aromatic N) is 3. The molecule has 1 aliphatic rings. The number of benzene rings is 1. The van der Waals surface area contributed by atoms with Gasteiger partial charge < -0.3 is 9.88 Å². The average molecular weight is 346 g/mol. The highest BCUT2D eigenvalue weighted by molar-refractivity contribution is 5.96. The number of hydrogen-bond acceptors (Lipinski definition) is 3. The molecule has 0 unspecified atom stereocenters. The van der Waals surface area contributed by atoms with Crippen molar-refractivity contribution in [3.63, 3.8) is 0 Å². The lowest BCUT2D eigenvalue weighted by Gasteiger charge is -2.31. The fourth-order valence-electron chi connectivity index (χ4n) is 3.63. The normalized spacial score (nSPS) is 16.2. The summed E-state index contributed by atoms with van der Waals surface area (Å²) >= 11 is 0. The topological polar surface area (TPSA) is 81.6 Å². The molecule has 0 radical (unpaired) electrons. The zero-order valence-electron chi connectivity index (χ0n) is 14.7. The molecule has 0 aliphatic heterocycles. The van der Waals surface area contributed by atoms with Crippen LogP contribution in [0.1, 0.15) is 44.1 Å². The van der Waals surface area contributed by atoms with Crippen molar-refractivity contribution in [1.29, 1.82) is 10.5 Å². The van der Waals surface area contributed by atoms with Crippen LogP contribution in [-0.2, 0) is 11.3 Å². The lowest BCUT2D eigenvalue weighted by molar-refractivity contribution is -0.118. The minimum Gasteiger partial charge on any atom is -0.346 e. The first-order chi connectivity index (χ1) is 12.7. The fraction of sp³-hybridized carbons (Fsp3) is 0.381. The Morgan fingerprint density at radius 2 is 2.00 bits per heavy atom. The number of carbonyl (C=O) groups is 1. The molecule has 1 aromatic carbocycles. The second-order valence-electron chi connectivity index (χ2n) is 6.78. The van der Waals surface area contributed by atoms with Crippen molar-refractivity contribution in [2.75, 3.05) is 0 Å². The number of aromatic nitrogens is 1. The summed E-state index contributed by atoms with van der Waals surface area (Å²) < 4.78 is 2.04. The van der Waals surface area contributed by atoms with Gasteiger partial charge >= 0.3 is 0 Å². The maximum absolute atomic E-state index is 12.4. The van der Waals surface area contributed by atoms with E-state index in [1.54, 1.807) is 6.08 Å². The Bertz CT molecular complexity index is 904. The summed E-state index contributed by atoms with van der Waals surface area (Å²) in [5, 5.41) is 22.3.